The van der Waals surface area contributed by atoms with Crippen LogP contribution in [0.5, 0.6) is 0 Å². The molecule has 2 rings (SSSR count). The van der Waals surface area contributed by atoms with Crippen molar-refractivity contribution in [3.63, 3.8) is 0 Å². The van der Waals surface area contributed by atoms with E-state index in [4.69, 9.17) is 0 Å². The van der Waals surface area contributed by atoms with Crippen molar-refractivity contribution in [1.29, 1.82) is 0 Å². The predicted molar refractivity (Wildman–Crippen MR) is 100 cm³/mol. The molecule has 2 amide bonds. The van der Waals surface area contributed by atoms with E-state index in [1.165, 1.54) is 11.3 Å². The molecule has 1 heterocycles. The van der Waals surface area contributed by atoms with Crippen molar-refractivity contribution in [3.8, 4) is 10.6 Å². The van der Waals surface area contributed by atoms with Crippen LogP contribution in [0.15, 0.2) is 24.3 Å². The Bertz CT molecular complexity index is 755. The molecule has 0 fully saturated rings. The number of benzene rings is 1. The Morgan fingerprint density at radius 1 is 1.08 bits per heavy atom. The van der Waals surface area contributed by atoms with E-state index in [0.29, 0.717) is 5.13 Å². The second-order valence-corrected chi connectivity index (χ2v) is 7.63. The molecule has 1 aromatic carbocycles. The van der Waals surface area contributed by atoms with Crippen LogP contribution < -0.4 is 10.6 Å². The molecule has 2 N–H and O–H groups in total. The van der Waals surface area contributed by atoms with Crippen molar-refractivity contribution < 1.29 is 9.59 Å². The van der Waals surface area contributed by atoms with Crippen LogP contribution in [0.25, 0.3) is 10.6 Å². The highest BCUT2D eigenvalue weighted by Crippen LogP contribution is 2.27. The van der Waals surface area contributed by atoms with Crippen molar-refractivity contribution in [1.82, 2.24) is 15.5 Å². The summed E-state index contributed by atoms with van der Waals surface area (Å²) in [6.07, 6.45) is 0. The van der Waals surface area contributed by atoms with Gasteiger partial charge in [0.25, 0.3) is 0 Å². The first-order valence-electron chi connectivity index (χ1n) is 8.29. The molecule has 1 atom stereocenters. The molecule has 0 spiro atoms. The third kappa shape index (κ3) is 5.09. The number of carbonyl (C=O) groups is 2. The molecule has 0 aliphatic heterocycles. The van der Waals surface area contributed by atoms with Gasteiger partial charge in [-0.2, -0.15) is 0 Å². The number of hydrogen-bond acceptors (Lipinski definition) is 5. The van der Waals surface area contributed by atoms with Gasteiger partial charge in [0.05, 0.1) is 0 Å². The average Bonchev–Trinajstić information content (AvgIpc) is 3.00. The summed E-state index contributed by atoms with van der Waals surface area (Å²) in [5, 5.41) is 14.9. The Morgan fingerprint density at radius 3 is 2.40 bits per heavy atom. The normalized spacial score (nSPS) is 12.3. The summed E-state index contributed by atoms with van der Waals surface area (Å²) >= 11 is 1.31. The summed E-state index contributed by atoms with van der Waals surface area (Å²) in [5.41, 5.74) is 2.10. The van der Waals surface area contributed by atoms with E-state index >= 15 is 0 Å². The summed E-state index contributed by atoms with van der Waals surface area (Å²) < 4.78 is 0. The predicted octanol–water partition coefficient (Wildman–Crippen LogP) is 3.25. The molecular weight excluding hydrogens is 336 g/mol. The van der Waals surface area contributed by atoms with Crippen LogP contribution in [-0.2, 0) is 9.59 Å². The van der Waals surface area contributed by atoms with Crippen LogP contribution in [0.2, 0.25) is 0 Å². The summed E-state index contributed by atoms with van der Waals surface area (Å²) in [6.45, 7) is 9.39. The maximum atomic E-state index is 12.5. The van der Waals surface area contributed by atoms with Gasteiger partial charge >= 0.3 is 0 Å². The Morgan fingerprint density at radius 2 is 1.80 bits per heavy atom. The molecule has 0 unspecified atom stereocenters. The third-order valence-electron chi connectivity index (χ3n) is 3.69. The van der Waals surface area contributed by atoms with E-state index in [1.807, 2.05) is 45.0 Å². The number of nitrogens with zero attached hydrogens (tertiary/aromatic N) is 2. The maximum Gasteiger partial charge on any atom is 0.249 e. The summed E-state index contributed by atoms with van der Waals surface area (Å²) in [5.74, 6) is -0.641. The second kappa shape index (κ2) is 8.20. The fourth-order valence-electron chi connectivity index (χ4n) is 2.21. The number of anilines is 1. The number of aromatic nitrogens is 2. The van der Waals surface area contributed by atoms with Gasteiger partial charge in [-0.25, -0.2) is 0 Å². The van der Waals surface area contributed by atoms with E-state index in [0.717, 1.165) is 16.1 Å². The molecule has 25 heavy (non-hydrogen) atoms. The number of nitrogens with one attached hydrogen (secondary N) is 2. The van der Waals surface area contributed by atoms with Gasteiger partial charge in [-0.3, -0.25) is 14.9 Å². The standard InChI is InChI=1S/C18H24N4O2S/c1-10(2)14(19-15(23)11(3)4)16(24)20-18-22-21-17(25-18)13-8-6-7-12(5)9-13/h6-11,14H,1-5H3,(H,19,23)(H,20,22,24)/t14-/m1/s1. The van der Waals surface area contributed by atoms with Crippen LogP contribution in [0.3, 0.4) is 0 Å². The molecule has 0 bridgehead atoms. The maximum absolute atomic E-state index is 12.5. The first kappa shape index (κ1) is 19.1. The zero-order valence-corrected chi connectivity index (χ0v) is 16.0. The van der Waals surface area contributed by atoms with Gasteiger partial charge in [0.15, 0.2) is 0 Å². The van der Waals surface area contributed by atoms with Gasteiger partial charge in [-0.05, 0) is 18.9 Å². The minimum atomic E-state index is -0.610. The second-order valence-electron chi connectivity index (χ2n) is 6.66. The topological polar surface area (TPSA) is 84.0 Å². The van der Waals surface area contributed by atoms with Crippen LogP contribution >= 0.6 is 11.3 Å². The fraction of sp³-hybridized carbons (Fsp3) is 0.444. The molecule has 0 saturated heterocycles. The lowest BCUT2D eigenvalue weighted by atomic mass is 10.0. The van der Waals surface area contributed by atoms with Crippen molar-refractivity contribution in [3.05, 3.63) is 29.8 Å². The molecule has 1 aromatic heterocycles. The monoisotopic (exact) mass is 360 g/mol. The van der Waals surface area contributed by atoms with Gasteiger partial charge in [0.1, 0.15) is 11.0 Å². The van der Waals surface area contributed by atoms with Crippen LogP contribution in [0.1, 0.15) is 33.3 Å². The lowest BCUT2D eigenvalue weighted by Gasteiger charge is -2.21. The highest BCUT2D eigenvalue weighted by molar-refractivity contribution is 7.18. The van der Waals surface area contributed by atoms with E-state index < -0.39 is 6.04 Å². The summed E-state index contributed by atoms with van der Waals surface area (Å²) in [4.78, 5) is 24.4. The summed E-state index contributed by atoms with van der Waals surface area (Å²) in [6, 6.07) is 7.34. The summed E-state index contributed by atoms with van der Waals surface area (Å²) in [7, 11) is 0. The Balaban J connectivity index is 2.10. The van der Waals surface area contributed by atoms with Gasteiger partial charge in [-0.1, -0.05) is 62.8 Å². The highest BCUT2D eigenvalue weighted by Gasteiger charge is 2.26. The van der Waals surface area contributed by atoms with E-state index in [9.17, 15) is 9.59 Å². The molecule has 6 nitrogen and oxygen atoms in total. The molecule has 7 heteroatoms. The van der Waals surface area contributed by atoms with Crippen LogP contribution in [-0.4, -0.2) is 28.1 Å². The molecule has 0 aliphatic carbocycles. The van der Waals surface area contributed by atoms with Gasteiger partial charge < -0.3 is 5.32 Å². The van der Waals surface area contributed by atoms with E-state index in [-0.39, 0.29) is 23.7 Å². The number of hydrogen-bond donors (Lipinski definition) is 2. The van der Waals surface area contributed by atoms with Crippen molar-refractivity contribution in [2.24, 2.45) is 11.8 Å². The lowest BCUT2D eigenvalue weighted by Crippen LogP contribution is -2.48. The van der Waals surface area contributed by atoms with Crippen molar-refractivity contribution in [2.45, 2.75) is 40.7 Å². The quantitative estimate of drug-likeness (QED) is 0.828. The highest BCUT2D eigenvalue weighted by atomic mass is 32.1. The molecule has 134 valence electrons. The van der Waals surface area contributed by atoms with E-state index in [1.54, 1.807) is 13.8 Å². The SMILES string of the molecule is Cc1cccc(-c2nnc(NC(=O)[C@H](NC(=O)C(C)C)C(C)C)s2)c1. The number of rotatable bonds is 6. The zero-order chi connectivity index (χ0) is 18.6. The molecule has 2 aromatic rings. The van der Waals surface area contributed by atoms with Gasteiger partial charge in [0.2, 0.25) is 16.9 Å². The minimum absolute atomic E-state index is 0.0353. The van der Waals surface area contributed by atoms with E-state index in [2.05, 4.69) is 20.8 Å². The minimum Gasteiger partial charge on any atom is -0.344 e. The Hall–Kier alpha value is -2.28. The third-order valence-corrected chi connectivity index (χ3v) is 4.58. The number of amides is 2. The molecule has 0 aliphatic rings. The molecule has 0 radical (unpaired) electrons. The van der Waals surface area contributed by atoms with Crippen molar-refractivity contribution >= 4 is 28.3 Å². The van der Waals surface area contributed by atoms with Crippen LogP contribution in [0, 0.1) is 18.8 Å². The van der Waals surface area contributed by atoms with Crippen molar-refractivity contribution in [2.75, 3.05) is 5.32 Å². The largest absolute Gasteiger partial charge is 0.344 e. The van der Waals surface area contributed by atoms with Gasteiger partial charge in [-0.15, -0.1) is 10.2 Å². The molecule has 0 saturated carbocycles. The Kier molecular flexibility index (Phi) is 6.25. The molecular formula is C18H24N4O2S. The first-order valence-corrected chi connectivity index (χ1v) is 9.11. The van der Waals surface area contributed by atoms with Gasteiger partial charge in [0, 0.05) is 11.5 Å². The van der Waals surface area contributed by atoms with Crippen LogP contribution in [0.4, 0.5) is 5.13 Å². The first-order chi connectivity index (χ1) is 11.8. The number of aryl methyl sites for hydroxylation is 1. The average molecular weight is 360 g/mol. The number of carbonyl (C=O) groups excluding carboxylic acids is 2. The Labute approximate surface area is 152 Å². The zero-order valence-electron chi connectivity index (χ0n) is 15.2. The smallest absolute Gasteiger partial charge is 0.249 e. The lowest BCUT2D eigenvalue weighted by molar-refractivity contribution is -0.129. The fourth-order valence-corrected chi connectivity index (χ4v) is 2.95.